The van der Waals surface area contributed by atoms with Gasteiger partial charge < -0.3 is 10.3 Å². The van der Waals surface area contributed by atoms with Crippen LogP contribution in [0.15, 0.2) is 60.4 Å². The zero-order valence-corrected chi connectivity index (χ0v) is 17.2. The third kappa shape index (κ3) is 4.54. The van der Waals surface area contributed by atoms with Gasteiger partial charge in [0.1, 0.15) is 10.7 Å². The van der Waals surface area contributed by atoms with Gasteiger partial charge in [0, 0.05) is 5.56 Å². The number of nitrogens with zero attached hydrogens (tertiary/aromatic N) is 2. The average Bonchev–Trinajstić information content (AvgIpc) is 3.45. The van der Waals surface area contributed by atoms with Crippen LogP contribution in [0.5, 0.6) is 0 Å². The number of fused-ring (bicyclic) bond motifs is 1. The van der Waals surface area contributed by atoms with Crippen molar-refractivity contribution < 1.29 is 4.79 Å². The number of carbonyl (C=O) groups excluding carboxylic acids is 1. The van der Waals surface area contributed by atoms with E-state index in [1.807, 2.05) is 18.3 Å². The summed E-state index contributed by atoms with van der Waals surface area (Å²) in [7, 11) is 0. The summed E-state index contributed by atoms with van der Waals surface area (Å²) in [6.07, 6.45) is 7.61. The number of amides is 1. The van der Waals surface area contributed by atoms with Gasteiger partial charge in [-0.05, 0) is 23.3 Å². The number of H-pyrrole nitrogens is 1. The first-order valence-corrected chi connectivity index (χ1v) is 10.9. The Bertz CT molecular complexity index is 1090. The fourth-order valence-corrected chi connectivity index (χ4v) is 3.97. The van der Waals surface area contributed by atoms with E-state index in [1.54, 1.807) is 11.7 Å². The molecule has 0 aliphatic heterocycles. The minimum atomic E-state index is -0.148. The molecule has 0 fully saturated rings. The Labute approximate surface area is 174 Å². The number of aromatic amines is 1. The maximum Gasteiger partial charge on any atom is 0.263 e. The van der Waals surface area contributed by atoms with Crippen LogP contribution in [0, 0.1) is 0 Å². The summed E-state index contributed by atoms with van der Waals surface area (Å²) in [5.74, 6) is 0.694. The van der Waals surface area contributed by atoms with Gasteiger partial charge in [-0.15, -0.1) is 11.3 Å². The Kier molecular flexibility index (Phi) is 6.00. The lowest BCUT2D eigenvalue weighted by Gasteiger charge is -2.16. The van der Waals surface area contributed by atoms with E-state index < -0.39 is 0 Å². The Hall–Kier alpha value is -2.99. The topological polar surface area (TPSA) is 70.7 Å². The second-order valence-corrected chi connectivity index (χ2v) is 8.02. The smallest absolute Gasteiger partial charge is 0.263 e. The summed E-state index contributed by atoms with van der Waals surface area (Å²) in [5.41, 5.74) is 3.72. The SMILES string of the molecule is CCCCC[C@H](NC(=O)c1cncs1)c1ncc(-c2ccc3ccccc3c2)[nH]1. The largest absolute Gasteiger partial charge is 0.341 e. The lowest BCUT2D eigenvalue weighted by Crippen LogP contribution is -2.28. The van der Waals surface area contributed by atoms with Crippen molar-refractivity contribution in [2.45, 2.75) is 38.6 Å². The summed E-state index contributed by atoms with van der Waals surface area (Å²) in [4.78, 5) is 25.2. The van der Waals surface area contributed by atoms with Crippen molar-refractivity contribution in [1.29, 1.82) is 0 Å². The molecule has 2 N–H and O–H groups in total. The van der Waals surface area contributed by atoms with Crippen molar-refractivity contribution in [2.24, 2.45) is 0 Å². The molecule has 6 heteroatoms. The molecule has 1 atom stereocenters. The van der Waals surface area contributed by atoms with Crippen LogP contribution in [-0.2, 0) is 0 Å². The predicted molar refractivity (Wildman–Crippen MR) is 118 cm³/mol. The van der Waals surface area contributed by atoms with Gasteiger partial charge in [-0.3, -0.25) is 9.78 Å². The Morgan fingerprint density at radius 2 is 2.00 bits per heavy atom. The maximum absolute atomic E-state index is 12.6. The van der Waals surface area contributed by atoms with E-state index >= 15 is 0 Å². The zero-order chi connectivity index (χ0) is 20.1. The number of rotatable bonds is 8. The predicted octanol–water partition coefficient (Wildman–Crippen LogP) is 5.74. The number of carbonyl (C=O) groups is 1. The number of unbranched alkanes of at least 4 members (excludes halogenated alkanes) is 2. The van der Waals surface area contributed by atoms with Gasteiger partial charge in [0.05, 0.1) is 29.6 Å². The molecule has 4 rings (SSSR count). The molecule has 1 amide bonds. The Morgan fingerprint density at radius 1 is 1.14 bits per heavy atom. The first-order valence-electron chi connectivity index (χ1n) is 9.98. The number of thiazole rings is 1. The Balaban J connectivity index is 1.57. The molecule has 0 spiro atoms. The summed E-state index contributed by atoms with van der Waals surface area (Å²) < 4.78 is 0. The van der Waals surface area contributed by atoms with Crippen LogP contribution in [0.1, 0.15) is 54.1 Å². The standard InChI is InChI=1S/C23H24N4OS/c1-2-3-4-9-19(27-23(28)21-14-24-15-29-21)22-25-13-20(26-22)18-11-10-16-7-5-6-8-17(16)12-18/h5-8,10-15,19H,2-4,9H2,1H3,(H,25,26)(H,27,28)/t19-/m0/s1. The van der Waals surface area contributed by atoms with Crippen molar-refractivity contribution in [3.05, 3.63) is 71.1 Å². The first kappa shape index (κ1) is 19.3. The lowest BCUT2D eigenvalue weighted by atomic mass is 10.1. The first-order chi connectivity index (χ1) is 14.2. The van der Waals surface area contributed by atoms with Crippen molar-refractivity contribution >= 4 is 28.0 Å². The number of imidazole rings is 1. The van der Waals surface area contributed by atoms with Crippen molar-refractivity contribution in [3.8, 4) is 11.3 Å². The molecule has 0 saturated heterocycles. The molecule has 0 unspecified atom stereocenters. The summed E-state index contributed by atoms with van der Waals surface area (Å²) in [6, 6.07) is 14.5. The molecule has 5 nitrogen and oxygen atoms in total. The van der Waals surface area contributed by atoms with E-state index in [1.165, 1.54) is 22.1 Å². The molecule has 0 bridgehead atoms. The fourth-order valence-electron chi connectivity index (χ4n) is 3.45. The normalized spacial score (nSPS) is 12.2. The van der Waals surface area contributed by atoms with E-state index in [4.69, 9.17) is 0 Å². The minimum Gasteiger partial charge on any atom is -0.341 e. The summed E-state index contributed by atoms with van der Waals surface area (Å²) in [6.45, 7) is 2.18. The van der Waals surface area contributed by atoms with Gasteiger partial charge in [0.15, 0.2) is 0 Å². The summed E-state index contributed by atoms with van der Waals surface area (Å²) in [5, 5.41) is 5.53. The second kappa shape index (κ2) is 9.01. The molecule has 2 heterocycles. The molecular formula is C23H24N4OS. The number of benzene rings is 2. The number of hydrogen-bond acceptors (Lipinski definition) is 4. The van der Waals surface area contributed by atoms with E-state index in [-0.39, 0.29) is 11.9 Å². The molecule has 0 saturated carbocycles. The van der Waals surface area contributed by atoms with Crippen LogP contribution in [0.4, 0.5) is 0 Å². The minimum absolute atomic E-state index is 0.0994. The van der Waals surface area contributed by atoms with E-state index in [0.29, 0.717) is 4.88 Å². The van der Waals surface area contributed by atoms with Gasteiger partial charge in [-0.2, -0.15) is 0 Å². The Morgan fingerprint density at radius 3 is 2.79 bits per heavy atom. The molecule has 0 aliphatic carbocycles. The molecule has 2 aromatic carbocycles. The van der Waals surface area contributed by atoms with Crippen molar-refractivity contribution in [3.63, 3.8) is 0 Å². The van der Waals surface area contributed by atoms with Gasteiger partial charge in [-0.25, -0.2) is 4.98 Å². The second-order valence-electron chi connectivity index (χ2n) is 7.13. The fraction of sp³-hybridized carbons (Fsp3) is 0.261. The third-order valence-electron chi connectivity index (χ3n) is 5.04. The van der Waals surface area contributed by atoms with Crippen LogP contribution in [0.25, 0.3) is 22.0 Å². The number of nitrogens with one attached hydrogen (secondary N) is 2. The molecular weight excluding hydrogens is 380 g/mol. The number of hydrogen-bond donors (Lipinski definition) is 2. The number of aromatic nitrogens is 3. The van der Waals surface area contributed by atoms with Crippen LogP contribution in [-0.4, -0.2) is 20.9 Å². The van der Waals surface area contributed by atoms with E-state index in [9.17, 15) is 4.79 Å². The third-order valence-corrected chi connectivity index (χ3v) is 5.82. The monoisotopic (exact) mass is 404 g/mol. The van der Waals surface area contributed by atoms with Gasteiger partial charge in [0.2, 0.25) is 0 Å². The molecule has 0 aliphatic rings. The van der Waals surface area contributed by atoms with Crippen LogP contribution in [0.2, 0.25) is 0 Å². The highest BCUT2D eigenvalue weighted by molar-refractivity contribution is 7.11. The highest BCUT2D eigenvalue weighted by Gasteiger charge is 2.19. The van der Waals surface area contributed by atoms with E-state index in [2.05, 4.69) is 57.5 Å². The van der Waals surface area contributed by atoms with Gasteiger partial charge >= 0.3 is 0 Å². The van der Waals surface area contributed by atoms with E-state index in [0.717, 1.165) is 42.8 Å². The van der Waals surface area contributed by atoms with Crippen LogP contribution >= 0.6 is 11.3 Å². The van der Waals surface area contributed by atoms with Gasteiger partial charge in [-0.1, -0.05) is 62.6 Å². The lowest BCUT2D eigenvalue weighted by molar-refractivity contribution is 0.0936. The molecule has 29 heavy (non-hydrogen) atoms. The van der Waals surface area contributed by atoms with Crippen molar-refractivity contribution in [2.75, 3.05) is 0 Å². The van der Waals surface area contributed by atoms with Crippen molar-refractivity contribution in [1.82, 2.24) is 20.3 Å². The average molecular weight is 405 g/mol. The molecule has 148 valence electrons. The molecule has 4 aromatic rings. The summed E-state index contributed by atoms with van der Waals surface area (Å²) >= 11 is 1.35. The quantitative estimate of drug-likeness (QED) is 0.368. The van der Waals surface area contributed by atoms with Crippen LogP contribution in [0.3, 0.4) is 0 Å². The van der Waals surface area contributed by atoms with Crippen LogP contribution < -0.4 is 5.32 Å². The highest BCUT2D eigenvalue weighted by Crippen LogP contribution is 2.26. The highest BCUT2D eigenvalue weighted by atomic mass is 32.1. The maximum atomic E-state index is 12.6. The molecule has 0 radical (unpaired) electrons. The zero-order valence-electron chi connectivity index (χ0n) is 16.4. The molecule has 2 aromatic heterocycles. The van der Waals surface area contributed by atoms with Gasteiger partial charge in [0.25, 0.3) is 5.91 Å².